The Kier molecular flexibility index (Phi) is 6.22. The van der Waals surface area contributed by atoms with Crippen molar-refractivity contribution in [1.82, 2.24) is 5.32 Å². The number of ether oxygens (including phenoxy) is 2. The fourth-order valence-corrected chi connectivity index (χ4v) is 1.65. The first kappa shape index (κ1) is 14.5. The Labute approximate surface area is 108 Å². The molecule has 4 nitrogen and oxygen atoms in total. The van der Waals surface area contributed by atoms with E-state index in [2.05, 4.69) is 12.2 Å². The van der Waals surface area contributed by atoms with Crippen LogP contribution in [-0.2, 0) is 16.1 Å². The van der Waals surface area contributed by atoms with Crippen LogP contribution >= 0.6 is 0 Å². The van der Waals surface area contributed by atoms with E-state index in [1.54, 1.807) is 6.92 Å². The van der Waals surface area contributed by atoms with Gasteiger partial charge in [-0.2, -0.15) is 0 Å². The zero-order valence-electron chi connectivity index (χ0n) is 11.3. The van der Waals surface area contributed by atoms with Crippen LogP contribution in [0, 0.1) is 6.92 Å². The molecule has 0 heterocycles. The first-order chi connectivity index (χ1) is 8.69. The molecule has 0 aliphatic heterocycles. The summed E-state index contributed by atoms with van der Waals surface area (Å²) in [4.78, 5) is 11.3. The Hall–Kier alpha value is -1.55. The summed E-state index contributed by atoms with van der Waals surface area (Å²) in [5, 5.41) is 3.25. The van der Waals surface area contributed by atoms with Gasteiger partial charge in [-0.05, 0) is 26.0 Å². The van der Waals surface area contributed by atoms with Crippen molar-refractivity contribution in [3.8, 4) is 5.75 Å². The van der Waals surface area contributed by atoms with Crippen molar-refractivity contribution >= 4 is 5.97 Å². The van der Waals surface area contributed by atoms with Gasteiger partial charge < -0.3 is 14.8 Å². The zero-order chi connectivity index (χ0) is 13.4. The third-order valence-electron chi connectivity index (χ3n) is 2.50. The van der Waals surface area contributed by atoms with Crippen LogP contribution in [0.5, 0.6) is 5.75 Å². The molecule has 0 spiro atoms. The van der Waals surface area contributed by atoms with Crippen LogP contribution in [0.15, 0.2) is 18.2 Å². The molecule has 18 heavy (non-hydrogen) atoms. The number of hydrogen-bond acceptors (Lipinski definition) is 4. The van der Waals surface area contributed by atoms with Crippen molar-refractivity contribution in [3.63, 3.8) is 0 Å². The molecule has 0 fully saturated rings. The molecule has 100 valence electrons. The standard InChI is InChI=1S/C14H21NO3/c1-4-15-9-12-8-6-7-11(3)14(12)18-10-13(16)17-5-2/h6-8,15H,4-5,9-10H2,1-3H3. The molecule has 1 aromatic rings. The van der Waals surface area contributed by atoms with Gasteiger partial charge in [0.2, 0.25) is 0 Å². The largest absolute Gasteiger partial charge is 0.481 e. The lowest BCUT2D eigenvalue weighted by Crippen LogP contribution is -2.17. The Morgan fingerprint density at radius 1 is 1.33 bits per heavy atom. The minimum Gasteiger partial charge on any atom is -0.481 e. The van der Waals surface area contributed by atoms with E-state index in [4.69, 9.17) is 9.47 Å². The van der Waals surface area contributed by atoms with Crippen molar-refractivity contribution in [2.45, 2.75) is 27.3 Å². The Bertz CT molecular complexity index is 391. The smallest absolute Gasteiger partial charge is 0.344 e. The summed E-state index contributed by atoms with van der Waals surface area (Å²) >= 11 is 0. The summed E-state index contributed by atoms with van der Waals surface area (Å²) in [6.45, 7) is 7.76. The van der Waals surface area contributed by atoms with Gasteiger partial charge in [0.15, 0.2) is 6.61 Å². The number of carbonyl (C=O) groups is 1. The number of rotatable bonds is 7. The third-order valence-corrected chi connectivity index (χ3v) is 2.50. The van der Waals surface area contributed by atoms with Gasteiger partial charge in [-0.1, -0.05) is 25.1 Å². The van der Waals surface area contributed by atoms with Gasteiger partial charge in [-0.15, -0.1) is 0 Å². The van der Waals surface area contributed by atoms with Gasteiger partial charge in [0.25, 0.3) is 0 Å². The molecule has 0 aliphatic rings. The highest BCUT2D eigenvalue weighted by Gasteiger charge is 2.09. The summed E-state index contributed by atoms with van der Waals surface area (Å²) in [6.07, 6.45) is 0. The molecule has 0 atom stereocenters. The highest BCUT2D eigenvalue weighted by Crippen LogP contribution is 2.23. The average Bonchev–Trinajstić information content (AvgIpc) is 2.35. The van der Waals surface area contributed by atoms with E-state index < -0.39 is 0 Å². The van der Waals surface area contributed by atoms with E-state index in [0.29, 0.717) is 6.61 Å². The molecule has 0 saturated carbocycles. The lowest BCUT2D eigenvalue weighted by atomic mass is 10.1. The minimum atomic E-state index is -0.338. The van der Waals surface area contributed by atoms with Crippen molar-refractivity contribution in [2.75, 3.05) is 19.8 Å². The van der Waals surface area contributed by atoms with Crippen LogP contribution in [-0.4, -0.2) is 25.7 Å². The maximum absolute atomic E-state index is 11.3. The second-order valence-corrected chi connectivity index (χ2v) is 3.94. The zero-order valence-corrected chi connectivity index (χ0v) is 11.3. The van der Waals surface area contributed by atoms with Gasteiger partial charge in [0, 0.05) is 12.1 Å². The number of nitrogens with one attached hydrogen (secondary N) is 1. The van der Waals surface area contributed by atoms with E-state index in [1.807, 2.05) is 25.1 Å². The summed E-state index contributed by atoms with van der Waals surface area (Å²) in [7, 11) is 0. The molecular formula is C14H21NO3. The van der Waals surface area contributed by atoms with E-state index in [9.17, 15) is 4.79 Å². The SMILES string of the molecule is CCNCc1cccc(C)c1OCC(=O)OCC. The van der Waals surface area contributed by atoms with Gasteiger partial charge >= 0.3 is 5.97 Å². The van der Waals surface area contributed by atoms with E-state index in [1.165, 1.54) is 0 Å². The molecule has 0 radical (unpaired) electrons. The van der Waals surface area contributed by atoms with Crippen LogP contribution in [0.1, 0.15) is 25.0 Å². The van der Waals surface area contributed by atoms with Crippen LogP contribution in [0.25, 0.3) is 0 Å². The monoisotopic (exact) mass is 251 g/mol. The molecule has 0 amide bonds. The van der Waals surface area contributed by atoms with Crippen molar-refractivity contribution in [2.24, 2.45) is 0 Å². The lowest BCUT2D eigenvalue weighted by molar-refractivity contribution is -0.145. The first-order valence-electron chi connectivity index (χ1n) is 6.26. The molecule has 1 N–H and O–H groups in total. The average molecular weight is 251 g/mol. The highest BCUT2D eigenvalue weighted by molar-refractivity contribution is 5.71. The maximum Gasteiger partial charge on any atom is 0.344 e. The number of para-hydroxylation sites is 1. The van der Waals surface area contributed by atoms with E-state index >= 15 is 0 Å². The third kappa shape index (κ3) is 4.37. The normalized spacial score (nSPS) is 10.2. The second kappa shape index (κ2) is 7.71. The quantitative estimate of drug-likeness (QED) is 0.753. The predicted molar refractivity (Wildman–Crippen MR) is 70.7 cm³/mol. The van der Waals surface area contributed by atoms with Crippen LogP contribution in [0.3, 0.4) is 0 Å². The molecule has 1 aromatic carbocycles. The number of aryl methyl sites for hydroxylation is 1. The molecule has 0 aliphatic carbocycles. The van der Waals surface area contributed by atoms with E-state index in [0.717, 1.165) is 30.0 Å². The summed E-state index contributed by atoms with van der Waals surface area (Å²) in [5.74, 6) is 0.432. The van der Waals surface area contributed by atoms with Gasteiger partial charge in [-0.25, -0.2) is 4.79 Å². The number of benzene rings is 1. The first-order valence-corrected chi connectivity index (χ1v) is 6.26. The topological polar surface area (TPSA) is 47.6 Å². The Morgan fingerprint density at radius 3 is 2.78 bits per heavy atom. The summed E-state index contributed by atoms with van der Waals surface area (Å²) < 4.78 is 10.4. The predicted octanol–water partition coefficient (Wildman–Crippen LogP) is 2.05. The Balaban J connectivity index is 2.69. The lowest BCUT2D eigenvalue weighted by Gasteiger charge is -2.13. The molecule has 1 rings (SSSR count). The maximum atomic E-state index is 11.3. The van der Waals surface area contributed by atoms with Crippen molar-refractivity contribution < 1.29 is 14.3 Å². The minimum absolute atomic E-state index is 0.0438. The molecule has 0 aromatic heterocycles. The van der Waals surface area contributed by atoms with Crippen molar-refractivity contribution in [1.29, 1.82) is 0 Å². The van der Waals surface area contributed by atoms with Crippen molar-refractivity contribution in [3.05, 3.63) is 29.3 Å². The number of hydrogen-bond donors (Lipinski definition) is 1. The Morgan fingerprint density at radius 2 is 2.11 bits per heavy atom. The second-order valence-electron chi connectivity index (χ2n) is 3.94. The van der Waals surface area contributed by atoms with Gasteiger partial charge in [0.1, 0.15) is 5.75 Å². The fourth-order valence-electron chi connectivity index (χ4n) is 1.65. The summed E-state index contributed by atoms with van der Waals surface area (Å²) in [6, 6.07) is 5.95. The molecular weight excluding hydrogens is 230 g/mol. The van der Waals surface area contributed by atoms with Crippen LogP contribution < -0.4 is 10.1 Å². The fraction of sp³-hybridized carbons (Fsp3) is 0.500. The van der Waals surface area contributed by atoms with Crippen LogP contribution in [0.2, 0.25) is 0 Å². The molecule has 4 heteroatoms. The molecule has 0 unspecified atom stereocenters. The number of carbonyl (C=O) groups excluding carboxylic acids is 1. The highest BCUT2D eigenvalue weighted by atomic mass is 16.6. The number of esters is 1. The molecule has 0 bridgehead atoms. The van der Waals surface area contributed by atoms with E-state index in [-0.39, 0.29) is 12.6 Å². The van der Waals surface area contributed by atoms with Gasteiger partial charge in [-0.3, -0.25) is 0 Å². The summed E-state index contributed by atoms with van der Waals surface area (Å²) in [5.41, 5.74) is 2.08. The van der Waals surface area contributed by atoms with Gasteiger partial charge in [0.05, 0.1) is 6.61 Å². The van der Waals surface area contributed by atoms with Crippen LogP contribution in [0.4, 0.5) is 0 Å². The molecule has 0 saturated heterocycles.